The summed E-state index contributed by atoms with van der Waals surface area (Å²) in [4.78, 5) is 12.6. The maximum Gasteiger partial charge on any atom is 0.358 e. The Kier molecular flexibility index (Phi) is 4.52. The van der Waals surface area contributed by atoms with Gasteiger partial charge in [-0.25, -0.2) is 9.48 Å². The lowest BCUT2D eigenvalue weighted by atomic mass is 10.1. The molecule has 1 heterocycles. The Balaban J connectivity index is 2.18. The van der Waals surface area contributed by atoms with Gasteiger partial charge >= 0.3 is 5.97 Å². The minimum Gasteiger partial charge on any atom is -0.497 e. The van der Waals surface area contributed by atoms with Crippen molar-refractivity contribution in [1.82, 2.24) is 15.0 Å². The van der Waals surface area contributed by atoms with Gasteiger partial charge in [-0.15, -0.1) is 16.9 Å². The zero-order valence-electron chi connectivity index (χ0n) is 13.1. The minimum atomic E-state index is -1.12. The molecular weight excluding hydrogens is 326 g/mol. The molecule has 0 bridgehead atoms. The van der Waals surface area contributed by atoms with Gasteiger partial charge in [-0.05, 0) is 48.7 Å². The average molecular weight is 341 g/mol. The maximum atomic E-state index is 11.5. The highest BCUT2D eigenvalue weighted by Gasteiger charge is 2.21. The monoisotopic (exact) mass is 341 g/mol. The van der Waals surface area contributed by atoms with E-state index in [1.807, 2.05) is 30.5 Å². The summed E-state index contributed by atoms with van der Waals surface area (Å²) in [6.45, 7) is 0. The van der Waals surface area contributed by atoms with E-state index in [9.17, 15) is 9.90 Å². The molecular formula is C17H15N3O3S. The third kappa shape index (κ3) is 2.98. The van der Waals surface area contributed by atoms with Crippen molar-refractivity contribution in [2.24, 2.45) is 0 Å². The van der Waals surface area contributed by atoms with Gasteiger partial charge in [0.2, 0.25) is 0 Å². The molecule has 0 spiro atoms. The molecule has 1 aromatic heterocycles. The van der Waals surface area contributed by atoms with Crippen molar-refractivity contribution in [3.8, 4) is 22.7 Å². The third-order valence-electron chi connectivity index (χ3n) is 3.53. The molecule has 0 fully saturated rings. The fourth-order valence-electron chi connectivity index (χ4n) is 2.36. The van der Waals surface area contributed by atoms with E-state index in [2.05, 4.69) is 10.3 Å². The van der Waals surface area contributed by atoms with Crippen LogP contribution in [-0.2, 0) is 0 Å². The Morgan fingerprint density at radius 1 is 1.21 bits per heavy atom. The predicted octanol–water partition coefficient (Wildman–Crippen LogP) is 3.36. The number of carboxylic acids is 1. The number of carboxylic acid groups (broad SMARTS) is 1. The van der Waals surface area contributed by atoms with Crippen molar-refractivity contribution < 1.29 is 14.6 Å². The van der Waals surface area contributed by atoms with Crippen LogP contribution < -0.4 is 4.74 Å². The molecule has 1 N–H and O–H groups in total. The number of ether oxygens (including phenoxy) is 1. The lowest BCUT2D eigenvalue weighted by Crippen LogP contribution is -2.03. The Hall–Kier alpha value is -2.80. The number of thioether (sulfide) groups is 1. The fourth-order valence-corrected chi connectivity index (χ4v) is 2.81. The fraction of sp³-hybridized carbons (Fsp3) is 0.118. The lowest BCUT2D eigenvalue weighted by Gasteiger charge is -2.09. The third-order valence-corrected chi connectivity index (χ3v) is 4.26. The Morgan fingerprint density at radius 2 is 1.96 bits per heavy atom. The summed E-state index contributed by atoms with van der Waals surface area (Å²) in [5.74, 6) is -0.424. The summed E-state index contributed by atoms with van der Waals surface area (Å²) in [5, 5.41) is 17.3. The summed E-state index contributed by atoms with van der Waals surface area (Å²) in [6.07, 6.45) is 1.98. The Bertz CT molecular complexity index is 875. The minimum absolute atomic E-state index is 0.0882. The first-order valence-corrected chi connectivity index (χ1v) is 8.34. The van der Waals surface area contributed by atoms with Gasteiger partial charge in [0.15, 0.2) is 5.69 Å². The Labute approximate surface area is 143 Å². The largest absolute Gasteiger partial charge is 0.497 e. The van der Waals surface area contributed by atoms with Crippen molar-refractivity contribution in [3.63, 3.8) is 0 Å². The van der Waals surface area contributed by atoms with Crippen LogP contribution in [0.1, 0.15) is 10.5 Å². The number of aromatic carboxylic acids is 1. The number of rotatable bonds is 5. The number of hydrogen-bond donors (Lipinski definition) is 1. The van der Waals surface area contributed by atoms with Crippen LogP contribution in [0, 0.1) is 0 Å². The van der Waals surface area contributed by atoms with Crippen LogP contribution >= 0.6 is 11.8 Å². The van der Waals surface area contributed by atoms with Crippen LogP contribution in [-0.4, -0.2) is 39.4 Å². The molecule has 3 rings (SSSR count). The number of aromatic nitrogens is 3. The van der Waals surface area contributed by atoms with E-state index in [1.165, 1.54) is 0 Å². The lowest BCUT2D eigenvalue weighted by molar-refractivity contribution is 0.0691. The van der Waals surface area contributed by atoms with E-state index in [0.29, 0.717) is 17.0 Å². The summed E-state index contributed by atoms with van der Waals surface area (Å²) in [5.41, 5.74) is 1.80. The van der Waals surface area contributed by atoms with Gasteiger partial charge in [0.25, 0.3) is 0 Å². The van der Waals surface area contributed by atoms with Crippen LogP contribution in [0.25, 0.3) is 16.9 Å². The molecule has 2 aromatic carbocycles. The van der Waals surface area contributed by atoms with Crippen LogP contribution in [0.15, 0.2) is 53.4 Å². The van der Waals surface area contributed by atoms with E-state index in [0.717, 1.165) is 10.6 Å². The second-order valence-electron chi connectivity index (χ2n) is 4.93. The van der Waals surface area contributed by atoms with Crippen LogP contribution in [0.3, 0.4) is 0 Å². The number of carbonyl (C=O) groups is 1. The van der Waals surface area contributed by atoms with E-state index in [-0.39, 0.29) is 5.69 Å². The summed E-state index contributed by atoms with van der Waals surface area (Å²) in [6, 6.07) is 14.8. The first kappa shape index (κ1) is 16.1. The summed E-state index contributed by atoms with van der Waals surface area (Å²) < 4.78 is 6.70. The highest BCUT2D eigenvalue weighted by Crippen LogP contribution is 2.28. The van der Waals surface area contributed by atoms with Crippen molar-refractivity contribution in [3.05, 3.63) is 54.2 Å². The molecule has 24 heavy (non-hydrogen) atoms. The Morgan fingerprint density at radius 3 is 2.58 bits per heavy atom. The molecule has 6 nitrogen and oxygen atoms in total. The first-order valence-electron chi connectivity index (χ1n) is 7.12. The zero-order chi connectivity index (χ0) is 17.1. The molecule has 3 aromatic rings. The van der Waals surface area contributed by atoms with Crippen molar-refractivity contribution in [2.75, 3.05) is 13.4 Å². The molecule has 0 amide bonds. The number of nitrogens with zero attached hydrogens (tertiary/aromatic N) is 3. The second-order valence-corrected chi connectivity index (χ2v) is 5.81. The topological polar surface area (TPSA) is 77.2 Å². The van der Waals surface area contributed by atoms with E-state index in [4.69, 9.17) is 4.74 Å². The molecule has 0 aliphatic rings. The highest BCUT2D eigenvalue weighted by atomic mass is 32.2. The standard InChI is InChI=1S/C17H15N3O3S/c1-23-13-8-6-11(7-9-13)16-15(17(21)22)18-19-20(16)12-4-3-5-14(10-12)24-2/h3-10H,1-2H3,(H,21,22). The SMILES string of the molecule is COc1ccc(-c2c(C(=O)O)nnn2-c2cccc(SC)c2)cc1. The quantitative estimate of drug-likeness (QED) is 0.717. The number of hydrogen-bond acceptors (Lipinski definition) is 5. The van der Waals surface area contributed by atoms with E-state index < -0.39 is 5.97 Å². The van der Waals surface area contributed by atoms with E-state index in [1.54, 1.807) is 47.8 Å². The van der Waals surface area contributed by atoms with Crippen molar-refractivity contribution in [2.45, 2.75) is 4.90 Å². The molecule has 0 unspecified atom stereocenters. The zero-order valence-corrected chi connectivity index (χ0v) is 13.9. The maximum absolute atomic E-state index is 11.5. The van der Waals surface area contributed by atoms with Gasteiger partial charge in [0, 0.05) is 10.5 Å². The van der Waals surface area contributed by atoms with Gasteiger partial charge in [-0.3, -0.25) is 0 Å². The molecule has 0 saturated carbocycles. The smallest absolute Gasteiger partial charge is 0.358 e. The van der Waals surface area contributed by atoms with Crippen molar-refractivity contribution >= 4 is 17.7 Å². The average Bonchev–Trinajstić information content (AvgIpc) is 3.07. The summed E-state index contributed by atoms with van der Waals surface area (Å²) in [7, 11) is 1.58. The molecule has 7 heteroatoms. The number of methoxy groups -OCH3 is 1. The second kappa shape index (κ2) is 6.76. The van der Waals surface area contributed by atoms with Gasteiger partial charge in [0.1, 0.15) is 11.4 Å². The predicted molar refractivity (Wildman–Crippen MR) is 92.1 cm³/mol. The van der Waals surface area contributed by atoms with Gasteiger partial charge in [-0.1, -0.05) is 11.3 Å². The molecule has 122 valence electrons. The van der Waals surface area contributed by atoms with Crippen LogP contribution in [0.5, 0.6) is 5.75 Å². The molecule has 0 atom stereocenters. The molecule has 0 saturated heterocycles. The number of benzene rings is 2. The van der Waals surface area contributed by atoms with E-state index >= 15 is 0 Å². The first-order chi connectivity index (χ1) is 11.6. The van der Waals surface area contributed by atoms with Crippen molar-refractivity contribution in [1.29, 1.82) is 0 Å². The van der Waals surface area contributed by atoms with Crippen LogP contribution in [0.4, 0.5) is 0 Å². The van der Waals surface area contributed by atoms with Gasteiger partial charge in [-0.2, -0.15) is 0 Å². The van der Waals surface area contributed by atoms with Crippen LogP contribution in [0.2, 0.25) is 0 Å². The summed E-state index contributed by atoms with van der Waals surface area (Å²) >= 11 is 1.60. The molecule has 0 aliphatic carbocycles. The normalized spacial score (nSPS) is 10.6. The van der Waals surface area contributed by atoms with Gasteiger partial charge in [0.05, 0.1) is 12.8 Å². The highest BCUT2D eigenvalue weighted by molar-refractivity contribution is 7.98. The molecule has 0 radical (unpaired) electrons. The molecule has 0 aliphatic heterocycles. The van der Waals surface area contributed by atoms with Gasteiger partial charge < -0.3 is 9.84 Å².